The predicted molar refractivity (Wildman–Crippen MR) is 122 cm³/mol. The summed E-state index contributed by atoms with van der Waals surface area (Å²) in [6, 6.07) is 3.64. The minimum absolute atomic E-state index is 0.0836. The lowest BCUT2D eigenvalue weighted by atomic mass is 10.0. The van der Waals surface area contributed by atoms with E-state index in [1.54, 1.807) is 29.7 Å². The summed E-state index contributed by atoms with van der Waals surface area (Å²) < 4.78 is 22.7. The summed E-state index contributed by atoms with van der Waals surface area (Å²) in [7, 11) is 0.171. The largest absolute Gasteiger partial charge is 0.382 e. The van der Waals surface area contributed by atoms with Crippen molar-refractivity contribution in [3.63, 3.8) is 0 Å². The number of hydrogen-bond donors (Lipinski definition) is 7. The van der Waals surface area contributed by atoms with Gasteiger partial charge < -0.3 is 16.8 Å². The van der Waals surface area contributed by atoms with Crippen LogP contribution in [-0.2, 0) is 15.3 Å². The van der Waals surface area contributed by atoms with E-state index in [9.17, 15) is 4.21 Å². The Kier molecular flexibility index (Phi) is 7.84. The first-order valence-electron chi connectivity index (χ1n) is 8.80. The molecule has 0 bridgehead atoms. The fourth-order valence-electron chi connectivity index (χ4n) is 3.11. The van der Waals surface area contributed by atoms with Crippen molar-refractivity contribution >= 4 is 51.2 Å². The molecule has 0 aliphatic carbocycles. The Morgan fingerprint density at radius 2 is 2.33 bits per heavy atom. The van der Waals surface area contributed by atoms with Gasteiger partial charge in [0, 0.05) is 31.4 Å². The number of nitrogens with one attached hydrogen (secondary N) is 3. The van der Waals surface area contributed by atoms with E-state index in [-0.39, 0.29) is 11.9 Å². The quantitative estimate of drug-likeness (QED) is 0.0611. The van der Waals surface area contributed by atoms with Crippen molar-refractivity contribution in [2.24, 2.45) is 22.6 Å². The molecule has 30 heavy (non-hydrogen) atoms. The lowest BCUT2D eigenvalue weighted by Gasteiger charge is -2.24. The Balaban J connectivity index is 2.18. The number of nitrogens with two attached hydrogens (primary N) is 4. The molecule has 2 atom stereocenters. The predicted octanol–water partition coefficient (Wildman–Crippen LogP) is -0.660. The summed E-state index contributed by atoms with van der Waals surface area (Å²) in [5.41, 5.74) is 15.9. The molecule has 2 aromatic rings. The molecule has 11 N–H and O–H groups in total. The number of thiazole rings is 1. The molecule has 1 aromatic heterocycles. The van der Waals surface area contributed by atoms with Gasteiger partial charge in [0.1, 0.15) is 23.2 Å². The van der Waals surface area contributed by atoms with Crippen LogP contribution in [0.3, 0.4) is 0 Å². The third-order valence-corrected chi connectivity index (χ3v) is 7.00. The summed E-state index contributed by atoms with van der Waals surface area (Å²) in [6.07, 6.45) is 2.51. The molecule has 0 radical (unpaired) electrons. The Morgan fingerprint density at radius 3 is 2.93 bits per heavy atom. The number of benzene rings is 1. The van der Waals surface area contributed by atoms with Gasteiger partial charge in [-0.2, -0.15) is 0 Å². The average Bonchev–Trinajstić information content (AvgIpc) is 3.38. The Morgan fingerprint density at radius 1 is 1.53 bits per heavy atom. The van der Waals surface area contributed by atoms with Crippen LogP contribution >= 0.6 is 23.6 Å². The second-order valence-electron chi connectivity index (χ2n) is 6.27. The lowest BCUT2D eigenvalue weighted by molar-refractivity contribution is 0.397. The van der Waals surface area contributed by atoms with E-state index in [0.29, 0.717) is 26.8 Å². The molecule has 1 fully saturated rings. The van der Waals surface area contributed by atoms with Crippen LogP contribution in [0, 0.1) is 0 Å². The zero-order valence-electron chi connectivity index (χ0n) is 16.1. The molecule has 1 unspecified atom stereocenters. The van der Waals surface area contributed by atoms with Gasteiger partial charge in [0.05, 0.1) is 21.0 Å². The summed E-state index contributed by atoms with van der Waals surface area (Å²) >= 11 is 2.14. The van der Waals surface area contributed by atoms with E-state index in [1.165, 1.54) is 11.3 Å². The van der Waals surface area contributed by atoms with E-state index in [2.05, 4.69) is 25.7 Å². The van der Waals surface area contributed by atoms with E-state index in [1.807, 2.05) is 0 Å². The molecule has 0 amide bonds. The highest BCUT2D eigenvalue weighted by atomic mass is 32.2. The van der Waals surface area contributed by atoms with Crippen molar-refractivity contribution in [1.29, 1.82) is 0 Å². The van der Waals surface area contributed by atoms with Crippen LogP contribution in [0.1, 0.15) is 12.0 Å². The van der Waals surface area contributed by atoms with Crippen LogP contribution in [0.2, 0.25) is 0 Å². The highest BCUT2D eigenvalue weighted by Crippen LogP contribution is 2.39. The van der Waals surface area contributed by atoms with E-state index in [4.69, 9.17) is 27.5 Å². The molecule has 164 valence electrons. The van der Waals surface area contributed by atoms with Gasteiger partial charge >= 0.3 is 0 Å². The van der Waals surface area contributed by atoms with Gasteiger partial charge in [-0.25, -0.2) is 35.5 Å². The standard InChI is InChI=1S/C15H24N10O2S3/c1-25(29-27-19)13-11(30(26)23-8-4-5-20-6-8)3-2-9(10-7-21-15(17)28-10)12(13)14(16)22-24-18/h2-3,7-8,20,23-24H,4-6,18-19H2,1H3,(H2,16,22)(H2,17,21)/t8-,30?/m1/s1. The normalized spacial score (nSPS) is 17.8. The van der Waals surface area contributed by atoms with Crippen molar-refractivity contribution in [1.82, 2.24) is 20.6 Å². The molecule has 3 rings (SSSR count). The summed E-state index contributed by atoms with van der Waals surface area (Å²) in [4.78, 5) is 5.36. The second-order valence-corrected chi connectivity index (χ2v) is 9.43. The number of amidine groups is 1. The first-order chi connectivity index (χ1) is 14.5. The minimum atomic E-state index is -1.54. The maximum atomic E-state index is 13.2. The van der Waals surface area contributed by atoms with Crippen molar-refractivity contribution in [2.75, 3.05) is 30.2 Å². The van der Waals surface area contributed by atoms with Gasteiger partial charge in [0.15, 0.2) is 11.0 Å². The first-order valence-corrected chi connectivity index (χ1v) is 11.5. The van der Waals surface area contributed by atoms with Gasteiger partial charge in [0.25, 0.3) is 0 Å². The minimum Gasteiger partial charge on any atom is -0.382 e. The fourth-order valence-corrected chi connectivity index (χ4v) is 5.51. The van der Waals surface area contributed by atoms with Crippen molar-refractivity contribution in [3.8, 4) is 10.4 Å². The van der Waals surface area contributed by atoms with Gasteiger partial charge in [-0.15, -0.1) is 5.10 Å². The number of aromatic nitrogens is 1. The number of anilines is 2. The molecule has 12 nitrogen and oxygen atoms in total. The van der Waals surface area contributed by atoms with Crippen LogP contribution < -0.4 is 43.1 Å². The second kappa shape index (κ2) is 10.4. The van der Waals surface area contributed by atoms with Gasteiger partial charge in [-0.05, 0) is 19.0 Å². The third kappa shape index (κ3) is 5.01. The summed E-state index contributed by atoms with van der Waals surface area (Å²) in [6.45, 7) is 1.61. The SMILES string of the molecule is CN(SON)c1c(S(=O)N[C@@H]2CCNC2)ccc(-c2cnc(N)s2)c1/C(N)=N/NN. The molecule has 1 saturated heterocycles. The first kappa shape index (κ1) is 22.7. The maximum absolute atomic E-state index is 13.2. The Hall–Kier alpha value is -1.98. The van der Waals surface area contributed by atoms with E-state index in [0.717, 1.165) is 36.6 Å². The third-order valence-electron chi connectivity index (χ3n) is 4.37. The van der Waals surface area contributed by atoms with E-state index < -0.39 is 11.0 Å². The highest BCUT2D eigenvalue weighted by molar-refractivity contribution is 7.96. The smallest absolute Gasteiger partial charge is 0.180 e. The molecule has 15 heteroatoms. The van der Waals surface area contributed by atoms with Crippen LogP contribution in [0.5, 0.6) is 0 Å². The molecular weight excluding hydrogens is 448 g/mol. The molecule has 0 saturated carbocycles. The fraction of sp³-hybridized carbons (Fsp3) is 0.333. The average molecular weight is 473 g/mol. The zero-order chi connectivity index (χ0) is 21.7. The molecular formula is C15H24N10O2S3. The van der Waals surface area contributed by atoms with Crippen molar-refractivity contribution < 1.29 is 8.49 Å². The van der Waals surface area contributed by atoms with Crippen molar-refractivity contribution in [3.05, 3.63) is 23.9 Å². The van der Waals surface area contributed by atoms with Gasteiger partial charge in [0.2, 0.25) is 0 Å². The van der Waals surface area contributed by atoms with Crippen molar-refractivity contribution in [2.45, 2.75) is 17.4 Å². The summed E-state index contributed by atoms with van der Waals surface area (Å²) in [5, 5.41) is 7.58. The van der Waals surface area contributed by atoms with Crippen LogP contribution in [-0.4, -0.2) is 41.2 Å². The molecule has 1 aliphatic rings. The van der Waals surface area contributed by atoms with Crippen LogP contribution in [0.4, 0.5) is 10.8 Å². The van der Waals surface area contributed by atoms with Gasteiger partial charge in [-0.1, -0.05) is 17.4 Å². The number of nitrogens with zero attached hydrogens (tertiary/aromatic N) is 3. The van der Waals surface area contributed by atoms with Crippen LogP contribution in [0.15, 0.2) is 28.3 Å². The maximum Gasteiger partial charge on any atom is 0.180 e. The Bertz CT molecular complexity index is 931. The molecule has 1 aromatic carbocycles. The molecule has 1 aliphatic heterocycles. The number of nitrogen functional groups attached to an aromatic ring is 1. The number of hydrogen-bond acceptors (Lipinski definition) is 12. The monoisotopic (exact) mass is 472 g/mol. The Labute approximate surface area is 184 Å². The molecule has 2 heterocycles. The highest BCUT2D eigenvalue weighted by Gasteiger charge is 2.27. The van der Waals surface area contributed by atoms with Gasteiger partial charge in [-0.3, -0.25) is 4.31 Å². The number of hydrazine groups is 1. The topological polar surface area (TPSA) is 195 Å². The zero-order valence-corrected chi connectivity index (χ0v) is 18.6. The summed E-state index contributed by atoms with van der Waals surface area (Å²) in [5.74, 6) is 10.7. The van der Waals surface area contributed by atoms with E-state index >= 15 is 0 Å². The van der Waals surface area contributed by atoms with Crippen LogP contribution in [0.25, 0.3) is 10.4 Å². The number of rotatable bonds is 9. The lowest BCUT2D eigenvalue weighted by Crippen LogP contribution is -2.33. The molecule has 0 spiro atoms. The number of hydrazone groups is 1.